The van der Waals surface area contributed by atoms with E-state index in [-0.39, 0.29) is 12.0 Å². The van der Waals surface area contributed by atoms with Crippen LogP contribution in [0, 0.1) is 5.41 Å². The Kier molecular flexibility index (Phi) is 6.96. The first-order valence-electron chi connectivity index (χ1n) is 9.30. The van der Waals surface area contributed by atoms with Gasteiger partial charge in [0.1, 0.15) is 5.54 Å². The van der Waals surface area contributed by atoms with Gasteiger partial charge in [-0.15, -0.1) is 0 Å². The molecule has 4 N–H and O–H groups in total. The standard InChI is InChI=1S/C20H30N4O3/c1-19(2,3)20(22,13-7-8-14-26-18(21)25)17-23-16(24-27-17)12-11-15-9-5-4-6-10-15/h4-6,9-10H,7-8,11-14,22H2,1-3H3,(H2,21,25). The van der Waals surface area contributed by atoms with Crippen LogP contribution in [0.15, 0.2) is 34.9 Å². The van der Waals surface area contributed by atoms with Gasteiger partial charge in [-0.25, -0.2) is 4.79 Å². The Hall–Kier alpha value is -2.41. The summed E-state index contributed by atoms with van der Waals surface area (Å²) in [5.41, 5.74) is 11.9. The number of hydrogen-bond acceptors (Lipinski definition) is 6. The third kappa shape index (κ3) is 5.79. The van der Waals surface area contributed by atoms with Crippen LogP contribution in [-0.4, -0.2) is 22.8 Å². The molecule has 0 fully saturated rings. The van der Waals surface area contributed by atoms with Gasteiger partial charge in [-0.1, -0.05) is 56.3 Å². The Morgan fingerprint density at radius 3 is 2.48 bits per heavy atom. The molecule has 0 saturated heterocycles. The first-order chi connectivity index (χ1) is 12.7. The van der Waals surface area contributed by atoms with Crippen LogP contribution in [-0.2, 0) is 23.1 Å². The summed E-state index contributed by atoms with van der Waals surface area (Å²) in [6.07, 6.45) is 2.84. The van der Waals surface area contributed by atoms with Gasteiger partial charge in [-0.2, -0.15) is 4.98 Å². The van der Waals surface area contributed by atoms with Crippen molar-refractivity contribution in [1.29, 1.82) is 0 Å². The van der Waals surface area contributed by atoms with Crippen LogP contribution in [0.4, 0.5) is 4.79 Å². The quantitative estimate of drug-likeness (QED) is 0.650. The van der Waals surface area contributed by atoms with Crippen molar-refractivity contribution in [3.05, 3.63) is 47.6 Å². The van der Waals surface area contributed by atoms with E-state index >= 15 is 0 Å². The molecular weight excluding hydrogens is 344 g/mol. The molecule has 7 nitrogen and oxygen atoms in total. The maximum absolute atomic E-state index is 10.6. The Bertz CT molecular complexity index is 724. The summed E-state index contributed by atoms with van der Waals surface area (Å²) >= 11 is 0. The Labute approximate surface area is 160 Å². The predicted molar refractivity (Wildman–Crippen MR) is 103 cm³/mol. The van der Waals surface area contributed by atoms with Gasteiger partial charge in [0.05, 0.1) is 6.61 Å². The van der Waals surface area contributed by atoms with E-state index in [1.165, 1.54) is 5.56 Å². The summed E-state index contributed by atoms with van der Waals surface area (Å²) < 4.78 is 10.3. The number of rotatable bonds is 9. The van der Waals surface area contributed by atoms with Gasteiger partial charge in [0.2, 0.25) is 5.89 Å². The van der Waals surface area contributed by atoms with Crippen molar-refractivity contribution in [3.8, 4) is 0 Å². The Morgan fingerprint density at radius 2 is 1.85 bits per heavy atom. The van der Waals surface area contributed by atoms with Gasteiger partial charge in [0.15, 0.2) is 5.82 Å². The molecule has 1 aromatic carbocycles. The molecule has 148 valence electrons. The zero-order chi connectivity index (χ0) is 19.9. The molecule has 7 heteroatoms. The van der Waals surface area contributed by atoms with Crippen LogP contribution < -0.4 is 11.5 Å². The van der Waals surface area contributed by atoms with Gasteiger partial charge in [0.25, 0.3) is 0 Å². The van der Waals surface area contributed by atoms with Crippen molar-refractivity contribution in [3.63, 3.8) is 0 Å². The Balaban J connectivity index is 2.01. The number of unbranched alkanes of at least 4 members (excludes halogenated alkanes) is 1. The predicted octanol–water partition coefficient (Wildman–Crippen LogP) is 3.32. The highest BCUT2D eigenvalue weighted by molar-refractivity contribution is 5.64. The van der Waals surface area contributed by atoms with Crippen molar-refractivity contribution in [2.24, 2.45) is 16.9 Å². The van der Waals surface area contributed by atoms with Gasteiger partial charge in [-0.3, -0.25) is 0 Å². The van der Waals surface area contributed by atoms with E-state index in [0.717, 1.165) is 12.8 Å². The normalized spacial score (nSPS) is 13.9. The second kappa shape index (κ2) is 8.99. The third-order valence-electron chi connectivity index (χ3n) is 4.88. The van der Waals surface area contributed by atoms with Gasteiger partial charge in [-0.05, 0) is 36.7 Å². The molecule has 2 rings (SSSR count). The second-order valence-corrected chi connectivity index (χ2v) is 7.85. The topological polar surface area (TPSA) is 117 Å². The van der Waals surface area contributed by atoms with Crippen LogP contribution in [0.25, 0.3) is 0 Å². The molecule has 1 unspecified atom stereocenters. The summed E-state index contributed by atoms with van der Waals surface area (Å²) in [7, 11) is 0. The first-order valence-corrected chi connectivity index (χ1v) is 9.30. The number of aromatic nitrogens is 2. The monoisotopic (exact) mass is 374 g/mol. The molecule has 27 heavy (non-hydrogen) atoms. The number of carbonyl (C=O) groups excluding carboxylic acids is 1. The van der Waals surface area contributed by atoms with E-state index in [2.05, 4.69) is 43.0 Å². The highest BCUT2D eigenvalue weighted by Gasteiger charge is 2.44. The number of nitrogens with two attached hydrogens (primary N) is 2. The molecule has 1 aromatic heterocycles. The van der Waals surface area contributed by atoms with E-state index in [1.807, 2.05) is 18.2 Å². The van der Waals surface area contributed by atoms with Crippen molar-refractivity contribution in [2.75, 3.05) is 6.61 Å². The van der Waals surface area contributed by atoms with E-state index in [9.17, 15) is 4.79 Å². The lowest BCUT2D eigenvalue weighted by Crippen LogP contribution is -2.48. The van der Waals surface area contributed by atoms with E-state index in [1.54, 1.807) is 0 Å². The van der Waals surface area contributed by atoms with Crippen LogP contribution in [0.1, 0.15) is 57.3 Å². The van der Waals surface area contributed by atoms with Crippen molar-refractivity contribution in [1.82, 2.24) is 10.1 Å². The molecule has 1 atom stereocenters. The largest absolute Gasteiger partial charge is 0.450 e. The SMILES string of the molecule is CC(C)(C)C(N)(CCCCOC(N)=O)c1nc(CCc2ccccc2)no1. The molecule has 1 amide bonds. The van der Waals surface area contributed by atoms with E-state index < -0.39 is 11.6 Å². The van der Waals surface area contributed by atoms with Gasteiger partial charge in [0, 0.05) is 6.42 Å². The maximum Gasteiger partial charge on any atom is 0.404 e. The molecule has 0 aliphatic carbocycles. The zero-order valence-corrected chi connectivity index (χ0v) is 16.4. The maximum atomic E-state index is 10.6. The Morgan fingerprint density at radius 1 is 1.15 bits per heavy atom. The summed E-state index contributed by atoms with van der Waals surface area (Å²) in [4.78, 5) is 15.2. The average molecular weight is 374 g/mol. The molecular formula is C20H30N4O3. The number of hydrogen-bond donors (Lipinski definition) is 2. The first kappa shape index (κ1) is 20.9. The number of carbonyl (C=O) groups is 1. The number of benzene rings is 1. The molecule has 0 spiro atoms. The molecule has 0 saturated carbocycles. The van der Waals surface area contributed by atoms with E-state index in [0.29, 0.717) is 31.0 Å². The summed E-state index contributed by atoms with van der Waals surface area (Å²) in [6, 6.07) is 10.2. The summed E-state index contributed by atoms with van der Waals surface area (Å²) in [5, 5.41) is 4.13. The fourth-order valence-electron chi connectivity index (χ4n) is 2.92. The molecule has 0 bridgehead atoms. The molecule has 2 aromatic rings. The lowest BCUT2D eigenvalue weighted by Gasteiger charge is -2.38. The van der Waals surface area contributed by atoms with E-state index in [4.69, 9.17) is 20.7 Å². The highest BCUT2D eigenvalue weighted by atomic mass is 16.5. The van der Waals surface area contributed by atoms with Crippen LogP contribution in [0.3, 0.4) is 0 Å². The minimum atomic E-state index is -0.766. The number of ether oxygens (including phenoxy) is 1. The second-order valence-electron chi connectivity index (χ2n) is 7.85. The van der Waals surface area contributed by atoms with Crippen molar-refractivity contribution >= 4 is 6.09 Å². The zero-order valence-electron chi connectivity index (χ0n) is 16.4. The van der Waals surface area contributed by atoms with Crippen molar-refractivity contribution < 1.29 is 14.1 Å². The lowest BCUT2D eigenvalue weighted by atomic mass is 9.71. The summed E-state index contributed by atoms with van der Waals surface area (Å²) in [6.45, 7) is 6.45. The third-order valence-corrected chi connectivity index (χ3v) is 4.88. The van der Waals surface area contributed by atoms with Gasteiger partial charge < -0.3 is 20.7 Å². The lowest BCUT2D eigenvalue weighted by molar-refractivity contribution is 0.116. The van der Waals surface area contributed by atoms with Gasteiger partial charge >= 0.3 is 6.09 Å². The fraction of sp³-hybridized carbons (Fsp3) is 0.550. The average Bonchev–Trinajstić information content (AvgIpc) is 3.08. The minimum Gasteiger partial charge on any atom is -0.450 e. The number of aryl methyl sites for hydroxylation is 2. The van der Waals surface area contributed by atoms with Crippen LogP contribution >= 0.6 is 0 Å². The smallest absolute Gasteiger partial charge is 0.404 e. The van der Waals surface area contributed by atoms with Crippen LogP contribution in [0.2, 0.25) is 0 Å². The number of primary amides is 1. The minimum absolute atomic E-state index is 0.277. The molecule has 0 radical (unpaired) electrons. The fourth-order valence-corrected chi connectivity index (χ4v) is 2.92. The van der Waals surface area contributed by atoms with Crippen LogP contribution in [0.5, 0.6) is 0 Å². The molecule has 1 heterocycles. The van der Waals surface area contributed by atoms with Crippen molar-refractivity contribution in [2.45, 2.75) is 58.4 Å². The number of amides is 1. The summed E-state index contributed by atoms with van der Waals surface area (Å²) in [5.74, 6) is 1.11. The molecule has 0 aliphatic rings. The molecule has 0 aliphatic heterocycles. The number of nitrogens with zero attached hydrogens (tertiary/aromatic N) is 2. The highest BCUT2D eigenvalue weighted by Crippen LogP contribution is 2.40.